The fraction of sp³-hybridized carbons (Fsp3) is 0.467. The molecule has 0 spiro atoms. The van der Waals surface area contributed by atoms with E-state index in [4.69, 9.17) is 0 Å². The van der Waals surface area contributed by atoms with Crippen molar-refractivity contribution in [3.05, 3.63) is 34.9 Å². The van der Waals surface area contributed by atoms with Crippen molar-refractivity contribution in [2.24, 2.45) is 0 Å². The summed E-state index contributed by atoms with van der Waals surface area (Å²) in [6.07, 6.45) is 0.633. The smallest absolute Gasteiger partial charge is 0.245 e. The van der Waals surface area contributed by atoms with Gasteiger partial charge in [0.1, 0.15) is 6.04 Å². The molecular formula is C15H20N2O2. The minimum atomic E-state index is -0.368. The molecule has 1 aromatic rings. The molecule has 0 aliphatic carbocycles. The van der Waals surface area contributed by atoms with Crippen LogP contribution >= 0.6 is 0 Å². The van der Waals surface area contributed by atoms with Crippen molar-refractivity contribution in [3.8, 4) is 0 Å². The predicted octanol–water partition coefficient (Wildman–Crippen LogP) is 1.54. The van der Waals surface area contributed by atoms with E-state index in [-0.39, 0.29) is 24.4 Å². The lowest BCUT2D eigenvalue weighted by molar-refractivity contribution is -0.144. The Kier molecular flexibility index (Phi) is 3.88. The van der Waals surface area contributed by atoms with E-state index in [2.05, 4.69) is 31.3 Å². The van der Waals surface area contributed by atoms with E-state index in [1.165, 1.54) is 11.1 Å². The van der Waals surface area contributed by atoms with Gasteiger partial charge in [0, 0.05) is 6.54 Å². The van der Waals surface area contributed by atoms with E-state index in [9.17, 15) is 9.59 Å². The SMILES string of the molecule is CCC1NC(=O)CN(Cc2ccc(C)c(C)c2)C1=O. The van der Waals surface area contributed by atoms with E-state index >= 15 is 0 Å². The molecule has 19 heavy (non-hydrogen) atoms. The summed E-state index contributed by atoms with van der Waals surface area (Å²) < 4.78 is 0. The van der Waals surface area contributed by atoms with E-state index < -0.39 is 0 Å². The molecule has 1 fully saturated rings. The third-order valence-electron chi connectivity index (χ3n) is 3.63. The van der Waals surface area contributed by atoms with Crippen LogP contribution in [0, 0.1) is 13.8 Å². The minimum absolute atomic E-state index is 0.0142. The van der Waals surface area contributed by atoms with Gasteiger partial charge in [-0.25, -0.2) is 0 Å². The van der Waals surface area contributed by atoms with Crippen molar-refractivity contribution in [2.45, 2.75) is 39.8 Å². The highest BCUT2D eigenvalue weighted by Crippen LogP contribution is 2.14. The highest BCUT2D eigenvalue weighted by atomic mass is 16.2. The van der Waals surface area contributed by atoms with Gasteiger partial charge in [-0.1, -0.05) is 25.1 Å². The van der Waals surface area contributed by atoms with Crippen molar-refractivity contribution in [1.29, 1.82) is 0 Å². The zero-order valence-corrected chi connectivity index (χ0v) is 11.7. The number of aryl methyl sites for hydroxylation is 2. The molecule has 2 amide bonds. The molecular weight excluding hydrogens is 240 g/mol. The summed E-state index contributed by atoms with van der Waals surface area (Å²) >= 11 is 0. The second kappa shape index (κ2) is 5.43. The molecule has 1 N–H and O–H groups in total. The quantitative estimate of drug-likeness (QED) is 0.896. The standard InChI is InChI=1S/C15H20N2O2/c1-4-13-15(19)17(9-14(18)16-13)8-12-6-5-10(2)11(3)7-12/h5-7,13H,4,8-9H2,1-3H3,(H,16,18). The number of carbonyl (C=O) groups excluding carboxylic acids is 2. The zero-order valence-electron chi connectivity index (χ0n) is 11.7. The lowest BCUT2D eigenvalue weighted by Crippen LogP contribution is -2.57. The molecule has 1 aromatic carbocycles. The first-order chi connectivity index (χ1) is 9.01. The van der Waals surface area contributed by atoms with Gasteiger partial charge in [-0.3, -0.25) is 9.59 Å². The number of carbonyl (C=O) groups is 2. The number of hydrogen-bond acceptors (Lipinski definition) is 2. The van der Waals surface area contributed by atoms with Crippen molar-refractivity contribution < 1.29 is 9.59 Å². The first-order valence-electron chi connectivity index (χ1n) is 6.65. The van der Waals surface area contributed by atoms with Crippen LogP contribution in [0.3, 0.4) is 0 Å². The average molecular weight is 260 g/mol. The molecule has 2 rings (SSSR count). The number of nitrogens with zero attached hydrogens (tertiary/aromatic N) is 1. The number of piperazine rings is 1. The topological polar surface area (TPSA) is 49.4 Å². The van der Waals surface area contributed by atoms with Crippen LogP contribution in [-0.2, 0) is 16.1 Å². The van der Waals surface area contributed by atoms with Gasteiger partial charge >= 0.3 is 0 Å². The Bertz CT molecular complexity index is 511. The highest BCUT2D eigenvalue weighted by Gasteiger charge is 2.31. The van der Waals surface area contributed by atoms with E-state index in [0.717, 1.165) is 5.56 Å². The highest BCUT2D eigenvalue weighted by molar-refractivity contribution is 5.94. The summed E-state index contributed by atoms with van der Waals surface area (Å²) in [6, 6.07) is 5.78. The molecule has 1 saturated heterocycles. The second-order valence-corrected chi connectivity index (χ2v) is 5.14. The summed E-state index contributed by atoms with van der Waals surface area (Å²) in [7, 11) is 0. The van der Waals surface area contributed by atoms with Crippen molar-refractivity contribution in [3.63, 3.8) is 0 Å². The van der Waals surface area contributed by atoms with E-state index in [1.807, 2.05) is 13.0 Å². The maximum atomic E-state index is 12.2. The molecule has 102 valence electrons. The Balaban J connectivity index is 2.14. The second-order valence-electron chi connectivity index (χ2n) is 5.14. The molecule has 0 saturated carbocycles. The molecule has 0 aromatic heterocycles. The third-order valence-corrected chi connectivity index (χ3v) is 3.63. The van der Waals surface area contributed by atoms with Crippen LogP contribution in [0.2, 0.25) is 0 Å². The summed E-state index contributed by atoms with van der Waals surface area (Å²) in [5, 5.41) is 2.72. The van der Waals surface area contributed by atoms with Gasteiger partial charge in [-0.05, 0) is 37.0 Å². The van der Waals surface area contributed by atoms with Crippen LogP contribution in [0.1, 0.15) is 30.0 Å². The van der Waals surface area contributed by atoms with Crippen molar-refractivity contribution in [1.82, 2.24) is 10.2 Å². The first-order valence-corrected chi connectivity index (χ1v) is 6.65. The van der Waals surface area contributed by atoms with Crippen LogP contribution in [0.5, 0.6) is 0 Å². The molecule has 1 unspecified atom stereocenters. The molecule has 0 radical (unpaired) electrons. The average Bonchev–Trinajstić information content (AvgIpc) is 2.37. The summed E-state index contributed by atoms with van der Waals surface area (Å²) in [6.45, 7) is 6.68. The fourth-order valence-electron chi connectivity index (χ4n) is 2.31. The number of hydrogen-bond donors (Lipinski definition) is 1. The molecule has 4 heteroatoms. The lowest BCUT2D eigenvalue weighted by Gasteiger charge is -2.32. The maximum Gasteiger partial charge on any atom is 0.245 e. The molecule has 1 aliphatic rings. The van der Waals surface area contributed by atoms with Crippen LogP contribution in [-0.4, -0.2) is 29.3 Å². The van der Waals surface area contributed by atoms with Crippen LogP contribution in [0.15, 0.2) is 18.2 Å². The zero-order chi connectivity index (χ0) is 14.0. The Morgan fingerprint density at radius 1 is 1.26 bits per heavy atom. The number of rotatable bonds is 3. The molecule has 1 aliphatic heterocycles. The Morgan fingerprint density at radius 2 is 2.00 bits per heavy atom. The molecule has 4 nitrogen and oxygen atoms in total. The van der Waals surface area contributed by atoms with Crippen LogP contribution in [0.4, 0.5) is 0 Å². The molecule has 1 heterocycles. The van der Waals surface area contributed by atoms with Gasteiger partial charge in [0.2, 0.25) is 11.8 Å². The number of benzene rings is 1. The van der Waals surface area contributed by atoms with Gasteiger partial charge < -0.3 is 10.2 Å². The van der Waals surface area contributed by atoms with Crippen LogP contribution < -0.4 is 5.32 Å². The summed E-state index contributed by atoms with van der Waals surface area (Å²) in [5.41, 5.74) is 3.51. The summed E-state index contributed by atoms with van der Waals surface area (Å²) in [5.74, 6) is -0.0596. The minimum Gasteiger partial charge on any atom is -0.343 e. The van der Waals surface area contributed by atoms with Crippen molar-refractivity contribution in [2.75, 3.05) is 6.54 Å². The monoisotopic (exact) mass is 260 g/mol. The van der Waals surface area contributed by atoms with Crippen LogP contribution in [0.25, 0.3) is 0 Å². The Labute approximate surface area is 113 Å². The molecule has 0 bridgehead atoms. The predicted molar refractivity (Wildman–Crippen MR) is 73.6 cm³/mol. The lowest BCUT2D eigenvalue weighted by atomic mass is 10.0. The van der Waals surface area contributed by atoms with Crippen molar-refractivity contribution >= 4 is 11.8 Å². The van der Waals surface area contributed by atoms with Gasteiger partial charge in [-0.15, -0.1) is 0 Å². The van der Waals surface area contributed by atoms with E-state index in [0.29, 0.717) is 13.0 Å². The first kappa shape index (κ1) is 13.6. The molecule has 1 atom stereocenters. The van der Waals surface area contributed by atoms with Gasteiger partial charge in [0.25, 0.3) is 0 Å². The number of amides is 2. The summed E-state index contributed by atoms with van der Waals surface area (Å²) in [4.78, 5) is 25.4. The van der Waals surface area contributed by atoms with Gasteiger partial charge in [-0.2, -0.15) is 0 Å². The fourth-order valence-corrected chi connectivity index (χ4v) is 2.31. The van der Waals surface area contributed by atoms with E-state index in [1.54, 1.807) is 4.90 Å². The van der Waals surface area contributed by atoms with Gasteiger partial charge in [0.05, 0.1) is 6.54 Å². The Morgan fingerprint density at radius 3 is 2.63 bits per heavy atom. The van der Waals surface area contributed by atoms with Gasteiger partial charge in [0.15, 0.2) is 0 Å². The Hall–Kier alpha value is -1.84. The number of nitrogens with one attached hydrogen (secondary N) is 1. The maximum absolute atomic E-state index is 12.2. The third kappa shape index (κ3) is 2.95. The largest absolute Gasteiger partial charge is 0.343 e. The normalized spacial score (nSPS) is 19.5.